The zero-order valence-corrected chi connectivity index (χ0v) is 12.4. The monoisotopic (exact) mass is 321 g/mol. The first kappa shape index (κ1) is 14.6. The van der Waals surface area contributed by atoms with E-state index in [1.807, 2.05) is 4.90 Å². The number of aromatic nitrogens is 2. The maximum absolute atomic E-state index is 11.8. The smallest absolute Gasteiger partial charge is 0.255 e. The van der Waals surface area contributed by atoms with Crippen molar-refractivity contribution in [1.82, 2.24) is 14.9 Å². The number of nitrogens with one attached hydrogen (secondary N) is 2. The van der Waals surface area contributed by atoms with Crippen LogP contribution in [-0.4, -0.2) is 36.7 Å². The lowest BCUT2D eigenvalue weighted by molar-refractivity contribution is 0.233. The van der Waals surface area contributed by atoms with Crippen molar-refractivity contribution in [3.05, 3.63) is 44.1 Å². The molecule has 7 nitrogen and oxygen atoms in total. The summed E-state index contributed by atoms with van der Waals surface area (Å²) in [5.41, 5.74) is 1.60. The zero-order chi connectivity index (χ0) is 15.9. The normalized spacial score (nSPS) is 14.7. The Morgan fingerprint density at radius 2 is 1.86 bits per heavy atom. The van der Waals surface area contributed by atoms with E-state index in [1.165, 1.54) is 12.1 Å². The number of benzene rings is 1. The third kappa shape index (κ3) is 2.70. The van der Waals surface area contributed by atoms with Crippen LogP contribution in [0.25, 0.3) is 0 Å². The molecule has 0 atom stereocenters. The second-order valence-electron chi connectivity index (χ2n) is 5.29. The summed E-state index contributed by atoms with van der Waals surface area (Å²) in [6.07, 6.45) is 0.552. The Morgan fingerprint density at radius 1 is 1.18 bits per heavy atom. The molecule has 1 aromatic heterocycles. The van der Waals surface area contributed by atoms with Crippen LogP contribution < -0.4 is 5.56 Å². The minimum atomic E-state index is -0.196. The molecule has 0 saturated heterocycles. The number of rotatable bonds is 2. The van der Waals surface area contributed by atoms with Gasteiger partial charge in [-0.25, -0.2) is 0 Å². The molecule has 3 rings (SSSR count). The van der Waals surface area contributed by atoms with Crippen LogP contribution in [0.15, 0.2) is 16.9 Å². The maximum atomic E-state index is 11.8. The number of H-pyrrole nitrogens is 2. The molecule has 0 bridgehead atoms. The van der Waals surface area contributed by atoms with E-state index in [9.17, 15) is 20.1 Å². The molecule has 5 N–H and O–H groups in total. The van der Waals surface area contributed by atoms with Crippen LogP contribution in [0, 0.1) is 4.77 Å². The zero-order valence-electron chi connectivity index (χ0n) is 11.6. The standard InChI is InChI=1S/C14H15N3O4S/c18-7-3-11(19)9(12(20)4-7)5-17-2-1-8-10(6-17)15-14(22)16-13(8)21/h3-4,18-20H,1-2,5-6H2,(H2,15,16,21,22). The number of fused-ring (bicyclic) bond motifs is 1. The van der Waals surface area contributed by atoms with E-state index in [-0.39, 0.29) is 27.6 Å². The summed E-state index contributed by atoms with van der Waals surface area (Å²) in [4.78, 5) is 19.3. The summed E-state index contributed by atoms with van der Waals surface area (Å²) in [7, 11) is 0. The molecule has 1 aliphatic heterocycles. The third-order valence-electron chi connectivity index (χ3n) is 3.76. The molecular formula is C14H15N3O4S. The Morgan fingerprint density at radius 3 is 2.55 bits per heavy atom. The van der Waals surface area contributed by atoms with E-state index < -0.39 is 0 Å². The highest BCUT2D eigenvalue weighted by Gasteiger charge is 2.21. The fourth-order valence-electron chi connectivity index (χ4n) is 2.68. The van der Waals surface area contributed by atoms with Crippen LogP contribution in [-0.2, 0) is 19.5 Å². The van der Waals surface area contributed by atoms with Crippen LogP contribution in [0.5, 0.6) is 17.2 Å². The molecule has 2 heterocycles. The molecule has 1 aromatic carbocycles. The van der Waals surface area contributed by atoms with Crippen molar-refractivity contribution in [3.8, 4) is 17.2 Å². The van der Waals surface area contributed by atoms with Gasteiger partial charge in [0.25, 0.3) is 5.56 Å². The fourth-order valence-corrected chi connectivity index (χ4v) is 2.90. The molecule has 0 fully saturated rings. The van der Waals surface area contributed by atoms with Gasteiger partial charge in [0.05, 0.1) is 0 Å². The van der Waals surface area contributed by atoms with Gasteiger partial charge in [-0.3, -0.25) is 14.7 Å². The van der Waals surface area contributed by atoms with E-state index in [2.05, 4.69) is 9.97 Å². The summed E-state index contributed by atoms with van der Waals surface area (Å²) in [6, 6.07) is 2.37. The number of hydrogen-bond acceptors (Lipinski definition) is 6. The Hall–Kier alpha value is -2.32. The highest BCUT2D eigenvalue weighted by molar-refractivity contribution is 7.71. The molecule has 0 aliphatic carbocycles. The number of hydrogen-bond donors (Lipinski definition) is 5. The third-order valence-corrected chi connectivity index (χ3v) is 3.96. The summed E-state index contributed by atoms with van der Waals surface area (Å²) in [5, 5.41) is 29.0. The molecule has 8 heteroatoms. The summed E-state index contributed by atoms with van der Waals surface area (Å²) in [5.74, 6) is -0.525. The van der Waals surface area contributed by atoms with Gasteiger partial charge in [-0.15, -0.1) is 0 Å². The van der Waals surface area contributed by atoms with Crippen molar-refractivity contribution in [2.45, 2.75) is 19.5 Å². The van der Waals surface area contributed by atoms with Gasteiger partial charge in [0.15, 0.2) is 4.77 Å². The van der Waals surface area contributed by atoms with Gasteiger partial charge in [0, 0.05) is 48.6 Å². The maximum Gasteiger partial charge on any atom is 0.255 e. The van der Waals surface area contributed by atoms with Crippen molar-refractivity contribution in [1.29, 1.82) is 0 Å². The number of phenols is 3. The Kier molecular flexibility index (Phi) is 3.63. The molecule has 2 aromatic rings. The quantitative estimate of drug-likeness (QED) is 0.530. The first-order valence-corrected chi connectivity index (χ1v) is 7.15. The van der Waals surface area contributed by atoms with Gasteiger partial charge in [-0.2, -0.15) is 0 Å². The Labute approximate surface area is 130 Å². The number of aromatic hydroxyl groups is 3. The molecule has 1 aliphatic rings. The van der Waals surface area contributed by atoms with Crippen LogP contribution in [0.2, 0.25) is 0 Å². The van der Waals surface area contributed by atoms with Crippen LogP contribution in [0.3, 0.4) is 0 Å². The lowest BCUT2D eigenvalue weighted by atomic mass is 10.1. The summed E-state index contributed by atoms with van der Waals surface area (Å²) in [6.45, 7) is 1.37. The van der Waals surface area contributed by atoms with Crippen molar-refractivity contribution in [2.75, 3.05) is 6.54 Å². The average Bonchev–Trinajstić information content (AvgIpc) is 2.42. The molecule has 0 saturated carbocycles. The first-order chi connectivity index (χ1) is 10.4. The largest absolute Gasteiger partial charge is 0.508 e. The average molecular weight is 321 g/mol. The Balaban J connectivity index is 1.87. The van der Waals surface area contributed by atoms with Crippen LogP contribution in [0.4, 0.5) is 0 Å². The Bertz CT molecular complexity index is 820. The fraction of sp³-hybridized carbons (Fsp3) is 0.286. The highest BCUT2D eigenvalue weighted by Crippen LogP contribution is 2.33. The molecular weight excluding hydrogens is 306 g/mol. The first-order valence-electron chi connectivity index (χ1n) is 6.74. The van der Waals surface area contributed by atoms with Crippen molar-refractivity contribution >= 4 is 12.2 Å². The minimum Gasteiger partial charge on any atom is -0.508 e. The van der Waals surface area contributed by atoms with Crippen molar-refractivity contribution in [3.63, 3.8) is 0 Å². The van der Waals surface area contributed by atoms with E-state index in [0.717, 1.165) is 5.69 Å². The lowest BCUT2D eigenvalue weighted by Gasteiger charge is -2.28. The minimum absolute atomic E-state index is 0.165. The predicted octanol–water partition coefficient (Wildman–Crippen LogP) is 1.11. The van der Waals surface area contributed by atoms with Gasteiger partial charge in [0.1, 0.15) is 17.2 Å². The van der Waals surface area contributed by atoms with E-state index >= 15 is 0 Å². The molecule has 0 unspecified atom stereocenters. The van der Waals surface area contributed by atoms with Crippen molar-refractivity contribution < 1.29 is 15.3 Å². The SMILES string of the molecule is O=c1[nH]c(=S)[nH]c2c1CCN(Cc1c(O)cc(O)cc1O)C2. The van der Waals surface area contributed by atoms with Crippen LogP contribution >= 0.6 is 12.2 Å². The lowest BCUT2D eigenvalue weighted by Crippen LogP contribution is -2.34. The van der Waals surface area contributed by atoms with E-state index in [1.54, 1.807) is 0 Å². The molecule has 0 radical (unpaired) electrons. The molecule has 0 spiro atoms. The van der Waals surface area contributed by atoms with Crippen molar-refractivity contribution in [2.24, 2.45) is 0 Å². The number of phenolic OH excluding ortho intramolecular Hbond substituents is 3. The van der Waals surface area contributed by atoms with Gasteiger partial charge in [0.2, 0.25) is 0 Å². The van der Waals surface area contributed by atoms with Gasteiger partial charge < -0.3 is 20.3 Å². The van der Waals surface area contributed by atoms with E-state index in [0.29, 0.717) is 37.2 Å². The predicted molar refractivity (Wildman–Crippen MR) is 81.5 cm³/mol. The van der Waals surface area contributed by atoms with Gasteiger partial charge in [-0.1, -0.05) is 0 Å². The second kappa shape index (κ2) is 5.47. The number of nitrogens with zero attached hydrogens (tertiary/aromatic N) is 1. The second-order valence-corrected chi connectivity index (χ2v) is 5.70. The molecule has 22 heavy (non-hydrogen) atoms. The highest BCUT2D eigenvalue weighted by atomic mass is 32.1. The van der Waals surface area contributed by atoms with Gasteiger partial charge in [-0.05, 0) is 18.6 Å². The summed E-state index contributed by atoms with van der Waals surface area (Å²) < 4.78 is 0.279. The van der Waals surface area contributed by atoms with Crippen LogP contribution in [0.1, 0.15) is 16.8 Å². The van der Waals surface area contributed by atoms with Gasteiger partial charge >= 0.3 is 0 Å². The number of aromatic amines is 2. The molecule has 0 amide bonds. The summed E-state index contributed by atoms with van der Waals surface area (Å²) >= 11 is 4.97. The topological polar surface area (TPSA) is 113 Å². The van der Waals surface area contributed by atoms with E-state index in [4.69, 9.17) is 12.2 Å². The molecule has 116 valence electrons.